The normalized spacial score (nSPS) is 10.7. The second-order valence-electron chi connectivity index (χ2n) is 3.46. The van der Waals surface area contributed by atoms with Gasteiger partial charge in [0, 0.05) is 22.7 Å². The van der Waals surface area contributed by atoms with Crippen LogP contribution in [0.4, 0.5) is 8.78 Å². The number of hydrogen-bond donors (Lipinski definition) is 1. The summed E-state index contributed by atoms with van der Waals surface area (Å²) in [5, 5.41) is 0.178. The van der Waals surface area contributed by atoms with Crippen molar-refractivity contribution in [1.82, 2.24) is 4.98 Å². The van der Waals surface area contributed by atoms with Crippen LogP contribution in [0.5, 0.6) is 0 Å². The number of hydrogen-bond acceptors (Lipinski definition) is 3. The zero-order valence-corrected chi connectivity index (χ0v) is 11.2. The molecule has 0 bridgehead atoms. The number of carbonyl (C=O) groups is 1. The van der Waals surface area contributed by atoms with Crippen LogP contribution in [-0.4, -0.2) is 17.6 Å². The molecular formula is C11H12BrF2NO3. The molecule has 1 N–H and O–H groups in total. The molecule has 0 fully saturated rings. The summed E-state index contributed by atoms with van der Waals surface area (Å²) in [6.07, 6.45) is -2.99. The van der Waals surface area contributed by atoms with Crippen LogP contribution in [0, 0.1) is 0 Å². The minimum absolute atomic E-state index is 0.148. The maximum absolute atomic E-state index is 12.5. The molecule has 0 saturated heterocycles. The number of nitrogens with one attached hydrogen (secondary N) is 1. The predicted molar refractivity (Wildman–Crippen MR) is 65.0 cm³/mol. The third kappa shape index (κ3) is 3.63. The summed E-state index contributed by atoms with van der Waals surface area (Å²) in [4.78, 5) is 25.4. The van der Waals surface area contributed by atoms with Crippen molar-refractivity contribution in [3.05, 3.63) is 33.2 Å². The Labute approximate surface area is 110 Å². The predicted octanol–water partition coefficient (Wildman–Crippen LogP) is 2.31. The van der Waals surface area contributed by atoms with E-state index in [1.54, 1.807) is 6.92 Å². The first-order valence-corrected chi connectivity index (χ1v) is 6.36. The highest BCUT2D eigenvalue weighted by atomic mass is 79.9. The highest BCUT2D eigenvalue weighted by molar-refractivity contribution is 9.08. The molecule has 0 saturated carbocycles. The number of carbonyl (C=O) groups excluding carboxylic acids is 1. The van der Waals surface area contributed by atoms with Gasteiger partial charge in [-0.3, -0.25) is 9.59 Å². The summed E-state index contributed by atoms with van der Waals surface area (Å²) in [5.74, 6) is -0.560. The topological polar surface area (TPSA) is 59.2 Å². The molecule has 1 rings (SSSR count). The summed E-state index contributed by atoms with van der Waals surface area (Å²) in [7, 11) is 0. The molecular weight excluding hydrogens is 312 g/mol. The number of ether oxygens (including phenoxy) is 1. The molecule has 0 spiro atoms. The minimum atomic E-state index is -2.76. The van der Waals surface area contributed by atoms with E-state index >= 15 is 0 Å². The summed E-state index contributed by atoms with van der Waals surface area (Å²) in [5.41, 5.74) is -0.630. The van der Waals surface area contributed by atoms with Crippen LogP contribution in [0.25, 0.3) is 0 Å². The van der Waals surface area contributed by atoms with Gasteiger partial charge < -0.3 is 9.72 Å². The molecule has 1 aromatic rings. The van der Waals surface area contributed by atoms with E-state index < -0.39 is 23.5 Å². The fourth-order valence-electron chi connectivity index (χ4n) is 1.44. The van der Waals surface area contributed by atoms with Gasteiger partial charge in [-0.05, 0) is 6.92 Å². The van der Waals surface area contributed by atoms with Crippen molar-refractivity contribution in [2.24, 2.45) is 0 Å². The fraction of sp³-hybridized carbons (Fsp3) is 0.455. The van der Waals surface area contributed by atoms with Crippen LogP contribution in [-0.2, 0) is 21.3 Å². The maximum atomic E-state index is 12.5. The number of rotatable bonds is 5. The Morgan fingerprint density at radius 1 is 1.56 bits per heavy atom. The molecule has 0 radical (unpaired) electrons. The van der Waals surface area contributed by atoms with Gasteiger partial charge in [0.25, 0.3) is 6.43 Å². The molecule has 100 valence electrons. The van der Waals surface area contributed by atoms with E-state index in [9.17, 15) is 18.4 Å². The third-order valence-corrected chi connectivity index (χ3v) is 2.80. The number of H-pyrrole nitrogens is 1. The second-order valence-corrected chi connectivity index (χ2v) is 4.02. The average Bonchev–Trinajstić information content (AvgIpc) is 2.31. The smallest absolute Gasteiger partial charge is 0.310 e. The van der Waals surface area contributed by atoms with Crippen molar-refractivity contribution in [2.45, 2.75) is 25.1 Å². The van der Waals surface area contributed by atoms with Crippen LogP contribution >= 0.6 is 15.9 Å². The maximum Gasteiger partial charge on any atom is 0.310 e. The van der Waals surface area contributed by atoms with Crippen molar-refractivity contribution in [3.63, 3.8) is 0 Å². The monoisotopic (exact) mass is 323 g/mol. The van der Waals surface area contributed by atoms with E-state index in [0.29, 0.717) is 0 Å². The lowest BCUT2D eigenvalue weighted by Gasteiger charge is -2.09. The number of aromatic nitrogens is 1. The Kier molecular flexibility index (Phi) is 5.46. The summed E-state index contributed by atoms with van der Waals surface area (Å²) in [6, 6.07) is 0.811. The van der Waals surface area contributed by atoms with Crippen LogP contribution < -0.4 is 5.43 Å². The van der Waals surface area contributed by atoms with E-state index in [4.69, 9.17) is 4.74 Å². The number of esters is 1. The van der Waals surface area contributed by atoms with Crippen molar-refractivity contribution in [1.29, 1.82) is 0 Å². The zero-order valence-electron chi connectivity index (χ0n) is 9.63. The van der Waals surface area contributed by atoms with Gasteiger partial charge in [-0.2, -0.15) is 0 Å². The Morgan fingerprint density at radius 2 is 2.22 bits per heavy atom. The highest BCUT2D eigenvalue weighted by Crippen LogP contribution is 2.17. The summed E-state index contributed by atoms with van der Waals surface area (Å²) < 4.78 is 29.7. The molecule has 0 aliphatic carbocycles. The van der Waals surface area contributed by atoms with Crippen molar-refractivity contribution >= 4 is 21.9 Å². The number of halogens is 3. The molecule has 0 aliphatic heterocycles. The first-order chi connectivity index (χ1) is 8.49. The van der Waals surface area contributed by atoms with E-state index in [2.05, 4.69) is 20.9 Å². The third-order valence-electron chi connectivity index (χ3n) is 2.24. The first kappa shape index (κ1) is 14.8. The van der Waals surface area contributed by atoms with Crippen LogP contribution in [0.2, 0.25) is 0 Å². The first-order valence-electron chi connectivity index (χ1n) is 5.24. The van der Waals surface area contributed by atoms with E-state index in [-0.39, 0.29) is 29.6 Å². The molecule has 4 nitrogen and oxygen atoms in total. The molecule has 0 atom stereocenters. The molecule has 1 aromatic heterocycles. The Hall–Kier alpha value is -1.24. The van der Waals surface area contributed by atoms with Crippen molar-refractivity contribution < 1.29 is 18.3 Å². The lowest BCUT2D eigenvalue weighted by atomic mass is 10.1. The molecule has 0 unspecified atom stereocenters. The number of pyridine rings is 1. The molecule has 18 heavy (non-hydrogen) atoms. The average molecular weight is 324 g/mol. The van der Waals surface area contributed by atoms with Gasteiger partial charge in [0.2, 0.25) is 0 Å². The van der Waals surface area contributed by atoms with Gasteiger partial charge in [0.05, 0.1) is 18.7 Å². The van der Waals surface area contributed by atoms with Gasteiger partial charge >= 0.3 is 5.97 Å². The molecule has 7 heteroatoms. The van der Waals surface area contributed by atoms with Gasteiger partial charge in [-0.15, -0.1) is 0 Å². The van der Waals surface area contributed by atoms with Gasteiger partial charge in [-0.25, -0.2) is 8.78 Å². The van der Waals surface area contributed by atoms with Crippen molar-refractivity contribution in [3.8, 4) is 0 Å². The molecule has 0 amide bonds. The number of aromatic amines is 1. The SMILES string of the molecule is CCOC(=O)Cc1c(CBr)[nH]c(C(F)F)cc1=O. The largest absolute Gasteiger partial charge is 0.466 e. The molecule has 0 aromatic carbocycles. The zero-order chi connectivity index (χ0) is 13.7. The van der Waals surface area contributed by atoms with Crippen LogP contribution in [0.1, 0.15) is 30.3 Å². The number of alkyl halides is 3. The molecule has 0 aliphatic rings. The van der Waals surface area contributed by atoms with E-state index in [0.717, 1.165) is 6.07 Å². The van der Waals surface area contributed by atoms with Crippen LogP contribution in [0.15, 0.2) is 10.9 Å². The fourth-order valence-corrected chi connectivity index (χ4v) is 1.92. The van der Waals surface area contributed by atoms with Crippen LogP contribution in [0.3, 0.4) is 0 Å². The Bertz CT molecular complexity index is 488. The van der Waals surface area contributed by atoms with Gasteiger partial charge in [0.15, 0.2) is 5.43 Å². The lowest BCUT2D eigenvalue weighted by Crippen LogP contribution is -2.20. The highest BCUT2D eigenvalue weighted by Gasteiger charge is 2.17. The summed E-state index contributed by atoms with van der Waals surface area (Å²) >= 11 is 3.09. The van der Waals surface area contributed by atoms with E-state index in [1.807, 2.05) is 0 Å². The van der Waals surface area contributed by atoms with Gasteiger partial charge in [-0.1, -0.05) is 15.9 Å². The quantitative estimate of drug-likeness (QED) is 0.668. The second kappa shape index (κ2) is 6.63. The minimum Gasteiger partial charge on any atom is -0.466 e. The summed E-state index contributed by atoms with van der Waals surface area (Å²) in [6.45, 7) is 1.85. The standard InChI is InChI=1S/C11H12BrF2NO3/c1-2-18-10(17)3-6-8(5-12)15-7(11(13)14)4-9(6)16/h4,11H,2-3,5H2,1H3,(H,15,16). The van der Waals surface area contributed by atoms with Gasteiger partial charge in [0.1, 0.15) is 0 Å². The Balaban J connectivity index is 3.11. The van der Waals surface area contributed by atoms with E-state index in [1.165, 1.54) is 0 Å². The lowest BCUT2D eigenvalue weighted by molar-refractivity contribution is -0.142. The van der Waals surface area contributed by atoms with Crippen molar-refractivity contribution in [2.75, 3.05) is 6.61 Å². The molecule has 1 heterocycles. The Morgan fingerprint density at radius 3 is 2.72 bits per heavy atom.